The predicted molar refractivity (Wildman–Crippen MR) is 116 cm³/mol. The Bertz CT molecular complexity index is 1190. The fourth-order valence-electron chi connectivity index (χ4n) is 4.50. The molecule has 5 rings (SSSR count). The van der Waals surface area contributed by atoms with E-state index in [4.69, 9.17) is 0 Å². The molecule has 0 aromatic carbocycles. The van der Waals surface area contributed by atoms with Crippen LogP contribution < -0.4 is 9.80 Å². The number of nitrogens with zero attached hydrogens (tertiary/aromatic N) is 6. The summed E-state index contributed by atoms with van der Waals surface area (Å²) in [5.74, 6) is 0.838. The second kappa shape index (κ2) is 7.21. The number of aromatic nitrogens is 4. The van der Waals surface area contributed by atoms with Gasteiger partial charge < -0.3 is 14.8 Å². The number of rotatable bonds is 3. The Morgan fingerprint density at radius 2 is 2.03 bits per heavy atom. The highest BCUT2D eigenvalue weighted by Gasteiger charge is 2.32. The number of pyridine rings is 1. The molecule has 30 heavy (non-hydrogen) atoms. The molecule has 0 radical (unpaired) electrons. The number of hydrogen-bond donors (Lipinski definition) is 1. The third-order valence-electron chi connectivity index (χ3n) is 6.04. The fraction of sp³-hybridized carbons (Fsp3) is 0.450. The number of fused-ring (bicyclic) bond motifs is 2. The van der Waals surface area contributed by atoms with Gasteiger partial charge in [-0.3, -0.25) is 0 Å². The smallest absolute Gasteiger partial charge is 0.212 e. The van der Waals surface area contributed by atoms with Gasteiger partial charge in [0, 0.05) is 61.1 Å². The first-order valence-corrected chi connectivity index (χ1v) is 12.0. The molecule has 1 fully saturated rings. The number of anilines is 2. The molecule has 3 aromatic rings. The molecule has 9 nitrogen and oxygen atoms in total. The molecule has 0 unspecified atom stereocenters. The van der Waals surface area contributed by atoms with Crippen molar-refractivity contribution in [3.63, 3.8) is 0 Å². The van der Waals surface area contributed by atoms with E-state index < -0.39 is 10.0 Å². The summed E-state index contributed by atoms with van der Waals surface area (Å²) in [5.41, 5.74) is 4.12. The van der Waals surface area contributed by atoms with Gasteiger partial charge in [-0.2, -0.15) is 4.31 Å². The Balaban J connectivity index is 1.52. The van der Waals surface area contributed by atoms with E-state index in [0.717, 1.165) is 53.2 Å². The zero-order valence-corrected chi connectivity index (χ0v) is 17.9. The van der Waals surface area contributed by atoms with Crippen molar-refractivity contribution >= 4 is 32.6 Å². The van der Waals surface area contributed by atoms with Crippen molar-refractivity contribution in [3.8, 4) is 0 Å². The lowest BCUT2D eigenvalue weighted by Crippen LogP contribution is -2.48. The molecule has 0 saturated carbocycles. The van der Waals surface area contributed by atoms with Crippen molar-refractivity contribution in [2.45, 2.75) is 32.4 Å². The predicted octanol–water partition coefficient (Wildman–Crippen LogP) is 1.73. The van der Waals surface area contributed by atoms with Crippen LogP contribution in [0.5, 0.6) is 0 Å². The van der Waals surface area contributed by atoms with Crippen molar-refractivity contribution < 1.29 is 8.42 Å². The van der Waals surface area contributed by atoms with Gasteiger partial charge >= 0.3 is 0 Å². The maximum Gasteiger partial charge on any atom is 0.212 e. The molecule has 1 atom stereocenters. The Kier molecular flexibility index (Phi) is 4.62. The Labute approximate surface area is 175 Å². The van der Waals surface area contributed by atoms with Crippen LogP contribution in [0.1, 0.15) is 24.6 Å². The number of sulfonamides is 1. The minimum absolute atomic E-state index is 0.273. The average molecular weight is 428 g/mol. The van der Waals surface area contributed by atoms with Crippen molar-refractivity contribution in [3.05, 3.63) is 42.1 Å². The summed E-state index contributed by atoms with van der Waals surface area (Å²) in [6, 6.07) is 4.37. The molecule has 0 aliphatic carbocycles. The maximum absolute atomic E-state index is 12.1. The van der Waals surface area contributed by atoms with E-state index in [1.54, 1.807) is 6.33 Å². The van der Waals surface area contributed by atoms with Gasteiger partial charge in [0.2, 0.25) is 10.0 Å². The molecule has 0 spiro atoms. The molecule has 2 aliphatic heterocycles. The van der Waals surface area contributed by atoms with E-state index >= 15 is 0 Å². The monoisotopic (exact) mass is 427 g/mol. The topological polar surface area (TPSA) is 98.3 Å². The van der Waals surface area contributed by atoms with Crippen molar-refractivity contribution in [2.75, 3.05) is 35.8 Å². The van der Waals surface area contributed by atoms with Crippen LogP contribution in [0, 0.1) is 0 Å². The number of nitrogens with one attached hydrogen (secondary N) is 1. The van der Waals surface area contributed by atoms with E-state index in [-0.39, 0.29) is 6.04 Å². The van der Waals surface area contributed by atoms with E-state index in [9.17, 15) is 8.42 Å². The third kappa shape index (κ3) is 3.29. The minimum atomic E-state index is -3.24. The van der Waals surface area contributed by atoms with Gasteiger partial charge in [-0.15, -0.1) is 0 Å². The SMILES string of the molecule is C[C@@H]1Cc2ncnc(N3CCCN(S(C)(=O)=O)C3)c2CN1c1ccnc2[nH]ccc12. The molecule has 5 heterocycles. The van der Waals surface area contributed by atoms with Gasteiger partial charge in [-0.05, 0) is 25.5 Å². The summed E-state index contributed by atoms with van der Waals surface area (Å²) in [6.45, 7) is 4.54. The molecule has 10 heteroatoms. The lowest BCUT2D eigenvalue weighted by Gasteiger charge is -2.40. The van der Waals surface area contributed by atoms with Crippen LogP contribution in [0.4, 0.5) is 11.5 Å². The zero-order valence-electron chi connectivity index (χ0n) is 17.1. The van der Waals surface area contributed by atoms with Crippen LogP contribution in [0.25, 0.3) is 11.0 Å². The number of hydrogen-bond acceptors (Lipinski definition) is 7. The van der Waals surface area contributed by atoms with Crippen LogP contribution in [-0.2, 0) is 23.0 Å². The zero-order chi connectivity index (χ0) is 20.9. The highest BCUT2D eigenvalue weighted by Crippen LogP contribution is 2.35. The second-order valence-electron chi connectivity index (χ2n) is 8.07. The Hall–Kier alpha value is -2.72. The average Bonchev–Trinajstić information content (AvgIpc) is 3.21. The maximum atomic E-state index is 12.1. The molecule has 158 valence electrons. The van der Waals surface area contributed by atoms with E-state index in [2.05, 4.69) is 42.7 Å². The summed E-state index contributed by atoms with van der Waals surface area (Å²) >= 11 is 0. The van der Waals surface area contributed by atoms with E-state index in [1.165, 1.54) is 10.6 Å². The van der Waals surface area contributed by atoms with Crippen LogP contribution in [0.3, 0.4) is 0 Å². The molecular weight excluding hydrogens is 402 g/mol. The quantitative estimate of drug-likeness (QED) is 0.680. The first-order valence-electron chi connectivity index (χ1n) is 10.1. The van der Waals surface area contributed by atoms with Gasteiger partial charge in [0.05, 0.1) is 18.6 Å². The lowest BCUT2D eigenvalue weighted by molar-refractivity contribution is 0.363. The normalized spacial score (nSPS) is 20.5. The largest absolute Gasteiger partial charge is 0.363 e. The van der Waals surface area contributed by atoms with Crippen LogP contribution in [0.15, 0.2) is 30.9 Å². The molecule has 1 saturated heterocycles. The van der Waals surface area contributed by atoms with Crippen LogP contribution in [-0.4, -0.2) is 64.7 Å². The molecule has 0 amide bonds. The number of aromatic amines is 1. The third-order valence-corrected chi connectivity index (χ3v) is 7.28. The van der Waals surface area contributed by atoms with Gasteiger partial charge in [0.25, 0.3) is 0 Å². The first kappa shape index (κ1) is 19.3. The summed E-state index contributed by atoms with van der Waals surface area (Å²) in [5, 5.41) is 1.09. The Morgan fingerprint density at radius 3 is 2.87 bits per heavy atom. The van der Waals surface area contributed by atoms with Gasteiger partial charge in [-0.1, -0.05) is 0 Å². The molecule has 0 bridgehead atoms. The highest BCUT2D eigenvalue weighted by atomic mass is 32.2. The molecule has 2 aliphatic rings. The van der Waals surface area contributed by atoms with E-state index in [0.29, 0.717) is 19.8 Å². The summed E-state index contributed by atoms with van der Waals surface area (Å²) in [4.78, 5) is 21.2. The van der Waals surface area contributed by atoms with E-state index in [1.807, 2.05) is 18.5 Å². The second-order valence-corrected chi connectivity index (χ2v) is 10.1. The standard InChI is InChI=1S/C20H25N7O2S/c1-14-10-17-16(11-27(14)18-5-7-22-19-15(18)4-6-21-19)20(24-12-23-17)25-8-3-9-26(13-25)30(2,28)29/h4-7,12,14H,3,8-11,13H2,1-2H3,(H,21,22)/t14-/m1/s1. The van der Waals surface area contributed by atoms with Crippen LogP contribution >= 0.6 is 0 Å². The lowest BCUT2D eigenvalue weighted by atomic mass is 9.98. The molecule has 1 N–H and O–H groups in total. The van der Waals surface area contributed by atoms with Crippen molar-refractivity contribution in [2.24, 2.45) is 0 Å². The first-order chi connectivity index (χ1) is 14.4. The van der Waals surface area contributed by atoms with Crippen molar-refractivity contribution in [1.29, 1.82) is 0 Å². The molecular formula is C20H25N7O2S. The van der Waals surface area contributed by atoms with Crippen molar-refractivity contribution in [1.82, 2.24) is 24.2 Å². The van der Waals surface area contributed by atoms with Gasteiger partial charge in [0.15, 0.2) is 0 Å². The van der Waals surface area contributed by atoms with Gasteiger partial charge in [0.1, 0.15) is 17.8 Å². The van der Waals surface area contributed by atoms with Crippen LogP contribution in [0.2, 0.25) is 0 Å². The minimum Gasteiger partial charge on any atom is -0.363 e. The summed E-state index contributed by atoms with van der Waals surface area (Å²) < 4.78 is 25.7. The molecule has 3 aromatic heterocycles. The number of H-pyrrole nitrogens is 1. The Morgan fingerprint density at radius 1 is 1.17 bits per heavy atom. The van der Waals surface area contributed by atoms with Gasteiger partial charge in [-0.25, -0.2) is 23.4 Å². The summed E-state index contributed by atoms with van der Waals surface area (Å²) in [6.07, 6.45) is 8.19. The fourth-order valence-corrected chi connectivity index (χ4v) is 5.31. The summed E-state index contributed by atoms with van der Waals surface area (Å²) in [7, 11) is -3.24. The highest BCUT2D eigenvalue weighted by molar-refractivity contribution is 7.88.